The Kier molecular flexibility index (Phi) is 1.61. The van der Waals surface area contributed by atoms with Crippen molar-refractivity contribution >= 4 is 23.2 Å². The summed E-state index contributed by atoms with van der Waals surface area (Å²) in [5.41, 5.74) is 7.00. The summed E-state index contributed by atoms with van der Waals surface area (Å²) < 4.78 is 0. The quantitative estimate of drug-likeness (QED) is 0.596. The van der Waals surface area contributed by atoms with Crippen LogP contribution in [0.25, 0.3) is 0 Å². The van der Waals surface area contributed by atoms with Crippen LogP contribution in [-0.4, -0.2) is 23.2 Å². The molecule has 2 amide bonds. The van der Waals surface area contributed by atoms with Crippen molar-refractivity contribution in [1.29, 1.82) is 0 Å². The minimum atomic E-state index is -0.0781. The highest BCUT2D eigenvalue weighted by atomic mass is 16.2. The van der Waals surface area contributed by atoms with Gasteiger partial charge in [-0.3, -0.25) is 9.59 Å². The molecule has 2 saturated carbocycles. The average molecular weight is 232 g/mol. The Hall–Kier alpha value is -1.72. The third-order valence-electron chi connectivity index (χ3n) is 4.39. The third-order valence-corrected chi connectivity index (χ3v) is 4.39. The van der Waals surface area contributed by atoms with Crippen LogP contribution in [0.15, 0.2) is 10.2 Å². The molecule has 0 saturated heterocycles. The zero-order valence-corrected chi connectivity index (χ0v) is 9.14. The number of nitrogens with one attached hydrogen (secondary N) is 2. The van der Waals surface area contributed by atoms with E-state index in [1.165, 1.54) is 0 Å². The van der Waals surface area contributed by atoms with E-state index >= 15 is 0 Å². The Morgan fingerprint density at radius 1 is 0.882 bits per heavy atom. The number of hydrazone groups is 2. The molecule has 0 spiro atoms. The first-order valence-electron chi connectivity index (χ1n) is 5.96. The molecular weight excluding hydrogens is 220 g/mol. The number of rotatable bonds is 0. The van der Waals surface area contributed by atoms with Gasteiger partial charge in [0.15, 0.2) is 0 Å². The monoisotopic (exact) mass is 232 g/mol. The number of carbonyl (C=O) groups is 2. The molecule has 17 heavy (non-hydrogen) atoms. The minimum Gasteiger partial charge on any atom is -0.272 e. The maximum Gasteiger partial charge on any atom is 0.249 e. The van der Waals surface area contributed by atoms with Crippen LogP contribution in [0.2, 0.25) is 0 Å². The van der Waals surface area contributed by atoms with Gasteiger partial charge in [0, 0.05) is 0 Å². The van der Waals surface area contributed by atoms with Crippen LogP contribution >= 0.6 is 0 Å². The first-order chi connectivity index (χ1) is 8.24. The van der Waals surface area contributed by atoms with Crippen molar-refractivity contribution in [3.8, 4) is 0 Å². The largest absolute Gasteiger partial charge is 0.272 e. The molecule has 4 unspecified atom stereocenters. The van der Waals surface area contributed by atoms with Gasteiger partial charge in [-0.15, -0.1) is 0 Å². The van der Waals surface area contributed by atoms with Crippen LogP contribution in [-0.2, 0) is 9.59 Å². The number of nitrogens with zero attached hydrogens (tertiary/aromatic N) is 2. The predicted molar refractivity (Wildman–Crippen MR) is 59.0 cm³/mol. The van der Waals surface area contributed by atoms with Gasteiger partial charge in [-0.1, -0.05) is 0 Å². The summed E-state index contributed by atoms with van der Waals surface area (Å²) in [7, 11) is 0. The van der Waals surface area contributed by atoms with Crippen LogP contribution in [0.3, 0.4) is 0 Å². The topological polar surface area (TPSA) is 82.9 Å². The van der Waals surface area contributed by atoms with Gasteiger partial charge in [-0.05, 0) is 31.1 Å². The summed E-state index contributed by atoms with van der Waals surface area (Å²) in [6, 6.07) is 0. The van der Waals surface area contributed by atoms with Crippen LogP contribution in [0.1, 0.15) is 19.3 Å². The molecule has 2 aliphatic heterocycles. The molecule has 4 rings (SSSR count). The maximum atomic E-state index is 11.7. The summed E-state index contributed by atoms with van der Waals surface area (Å²) in [6.45, 7) is 0. The van der Waals surface area contributed by atoms with Gasteiger partial charge in [0.25, 0.3) is 0 Å². The highest BCUT2D eigenvalue weighted by Gasteiger charge is 2.52. The highest BCUT2D eigenvalue weighted by molar-refractivity contribution is 6.13. The van der Waals surface area contributed by atoms with Crippen LogP contribution in [0, 0.1) is 23.7 Å². The summed E-state index contributed by atoms with van der Waals surface area (Å²) in [5.74, 6) is 0.422. The van der Waals surface area contributed by atoms with Crippen molar-refractivity contribution in [2.75, 3.05) is 0 Å². The second-order valence-corrected chi connectivity index (χ2v) is 5.28. The van der Waals surface area contributed by atoms with E-state index in [2.05, 4.69) is 21.1 Å². The fourth-order valence-corrected chi connectivity index (χ4v) is 3.75. The van der Waals surface area contributed by atoms with Crippen LogP contribution in [0.5, 0.6) is 0 Å². The van der Waals surface area contributed by atoms with Crippen molar-refractivity contribution in [2.45, 2.75) is 19.3 Å². The first kappa shape index (κ1) is 9.32. The molecule has 0 radical (unpaired) electrons. The summed E-state index contributed by atoms with van der Waals surface area (Å²) in [5, 5.41) is 8.21. The van der Waals surface area contributed by atoms with Crippen molar-refractivity contribution in [1.82, 2.24) is 10.9 Å². The maximum absolute atomic E-state index is 11.7. The second kappa shape index (κ2) is 2.94. The van der Waals surface area contributed by atoms with Crippen molar-refractivity contribution in [3.63, 3.8) is 0 Å². The van der Waals surface area contributed by atoms with Gasteiger partial charge in [-0.25, -0.2) is 10.9 Å². The Morgan fingerprint density at radius 3 is 1.82 bits per heavy atom. The zero-order chi connectivity index (χ0) is 11.6. The Labute approximate surface area is 97.5 Å². The average Bonchev–Trinajstić information content (AvgIpc) is 2.84. The van der Waals surface area contributed by atoms with Crippen molar-refractivity contribution in [3.05, 3.63) is 0 Å². The lowest BCUT2D eigenvalue weighted by atomic mass is 9.61. The van der Waals surface area contributed by atoms with E-state index in [-0.39, 0.29) is 35.5 Å². The SMILES string of the molecule is O=C1NN=C2CC3CC(CC4=NNC(=O)C43)C12. The fourth-order valence-electron chi connectivity index (χ4n) is 3.75. The van der Waals surface area contributed by atoms with E-state index in [9.17, 15) is 9.59 Å². The Bertz CT molecular complexity index is 452. The molecule has 2 heterocycles. The molecule has 0 aromatic heterocycles. The molecule has 2 bridgehead atoms. The lowest BCUT2D eigenvalue weighted by molar-refractivity contribution is -0.124. The van der Waals surface area contributed by atoms with Gasteiger partial charge in [0.05, 0.1) is 23.3 Å². The van der Waals surface area contributed by atoms with E-state index in [4.69, 9.17) is 0 Å². The van der Waals surface area contributed by atoms with Crippen LogP contribution in [0.4, 0.5) is 0 Å². The molecule has 2 N–H and O–H groups in total. The molecule has 88 valence electrons. The molecule has 0 aromatic carbocycles. The van der Waals surface area contributed by atoms with E-state index in [0.29, 0.717) is 0 Å². The molecule has 0 aromatic rings. The summed E-state index contributed by atoms with van der Waals surface area (Å²) >= 11 is 0. The zero-order valence-electron chi connectivity index (χ0n) is 9.14. The van der Waals surface area contributed by atoms with Gasteiger partial charge in [-0.2, -0.15) is 10.2 Å². The lowest BCUT2D eigenvalue weighted by Crippen LogP contribution is -2.47. The van der Waals surface area contributed by atoms with Gasteiger partial charge in [0.1, 0.15) is 0 Å². The molecule has 6 heteroatoms. The molecular formula is C11H12N4O2. The lowest BCUT2D eigenvalue weighted by Gasteiger charge is -2.40. The molecule has 4 aliphatic rings. The first-order valence-corrected chi connectivity index (χ1v) is 5.96. The van der Waals surface area contributed by atoms with E-state index in [1.807, 2.05) is 0 Å². The second-order valence-electron chi connectivity index (χ2n) is 5.28. The molecule has 2 fully saturated rings. The fraction of sp³-hybridized carbons (Fsp3) is 0.636. The van der Waals surface area contributed by atoms with Gasteiger partial charge in [0.2, 0.25) is 11.8 Å². The predicted octanol–water partition coefficient (Wildman–Crippen LogP) is -0.380. The number of carbonyl (C=O) groups excluding carboxylic acids is 2. The van der Waals surface area contributed by atoms with E-state index in [1.54, 1.807) is 0 Å². The molecule has 2 aliphatic carbocycles. The third kappa shape index (κ3) is 1.10. The summed E-state index contributed by atoms with van der Waals surface area (Å²) in [4.78, 5) is 23.4. The van der Waals surface area contributed by atoms with Crippen molar-refractivity contribution in [2.24, 2.45) is 33.9 Å². The summed E-state index contributed by atoms with van der Waals surface area (Å²) in [6.07, 6.45) is 2.43. The number of hydrogen-bond acceptors (Lipinski definition) is 4. The minimum absolute atomic E-state index is 0.0137. The van der Waals surface area contributed by atoms with Gasteiger partial charge < -0.3 is 0 Å². The smallest absolute Gasteiger partial charge is 0.249 e. The Balaban J connectivity index is 1.73. The Morgan fingerprint density at radius 2 is 1.35 bits per heavy atom. The van der Waals surface area contributed by atoms with E-state index < -0.39 is 0 Å². The van der Waals surface area contributed by atoms with Crippen LogP contribution < -0.4 is 10.9 Å². The molecule has 6 nitrogen and oxygen atoms in total. The molecule has 4 atom stereocenters. The number of hydrogen-bond donors (Lipinski definition) is 2. The normalized spacial score (nSPS) is 42.1. The van der Waals surface area contributed by atoms with Crippen molar-refractivity contribution < 1.29 is 9.59 Å². The van der Waals surface area contributed by atoms with Gasteiger partial charge >= 0.3 is 0 Å². The van der Waals surface area contributed by atoms with E-state index in [0.717, 1.165) is 30.7 Å². The highest BCUT2D eigenvalue weighted by Crippen LogP contribution is 2.45. The number of amides is 2. The number of fused-ring (bicyclic) bond motifs is 6. The standard InChI is InChI=1S/C11H12N4O2/c16-10-8-4-1-5(3-7(8)13-15-10)9-6(2-4)12-14-11(9)17/h4-5,8-9H,1-3H2,(H,14,17)(H,15,16).